The fraction of sp³-hybridized carbons (Fsp3) is 0.607. The van der Waals surface area contributed by atoms with Gasteiger partial charge in [0.25, 0.3) is 0 Å². The van der Waals surface area contributed by atoms with Gasteiger partial charge in [-0.1, -0.05) is 57.5 Å². The number of hydrogen-bond donors (Lipinski definition) is 2. The molecular weight excluding hydrogens is 444 g/mol. The van der Waals surface area contributed by atoms with Gasteiger partial charge in [0, 0.05) is 11.6 Å². The average molecular weight is 485 g/mol. The van der Waals surface area contributed by atoms with Gasteiger partial charge in [0.1, 0.15) is 6.04 Å². The van der Waals surface area contributed by atoms with Crippen molar-refractivity contribution in [3.05, 3.63) is 41.5 Å². The zero-order chi connectivity index (χ0) is 25.9. The number of ether oxygens (including phenoxy) is 1. The molecule has 35 heavy (non-hydrogen) atoms. The molecule has 1 aliphatic carbocycles. The molecule has 1 aliphatic heterocycles. The Bertz CT molecular complexity index is 952. The first-order valence-electron chi connectivity index (χ1n) is 12.8. The Hall–Kier alpha value is -2.67. The zero-order valence-electron chi connectivity index (χ0n) is 21.8. The highest BCUT2D eigenvalue weighted by molar-refractivity contribution is 6.02. The number of carbonyl (C=O) groups excluding carboxylic acids is 3. The van der Waals surface area contributed by atoms with Gasteiger partial charge >= 0.3 is 5.97 Å². The molecule has 7 heteroatoms. The lowest BCUT2D eigenvalue weighted by atomic mass is 9.69. The van der Waals surface area contributed by atoms with E-state index in [-0.39, 0.29) is 42.8 Å². The van der Waals surface area contributed by atoms with Gasteiger partial charge in [-0.3, -0.25) is 14.4 Å². The van der Waals surface area contributed by atoms with E-state index in [4.69, 9.17) is 4.74 Å². The molecule has 7 nitrogen and oxygen atoms in total. The van der Waals surface area contributed by atoms with Crippen LogP contribution in [-0.4, -0.2) is 53.1 Å². The highest BCUT2D eigenvalue weighted by Crippen LogP contribution is 2.47. The van der Waals surface area contributed by atoms with E-state index in [2.05, 4.69) is 5.32 Å². The monoisotopic (exact) mass is 484 g/mol. The number of benzene rings is 1. The normalized spacial score (nSPS) is 26.6. The van der Waals surface area contributed by atoms with E-state index in [0.29, 0.717) is 0 Å². The number of hydrogen-bond acceptors (Lipinski definition) is 5. The van der Waals surface area contributed by atoms with Crippen LogP contribution in [0.5, 0.6) is 0 Å². The Morgan fingerprint density at radius 3 is 2.34 bits per heavy atom. The number of nitrogens with zero attached hydrogens (tertiary/aromatic N) is 1. The summed E-state index contributed by atoms with van der Waals surface area (Å²) in [6, 6.07) is 4.43. The Morgan fingerprint density at radius 2 is 1.80 bits per heavy atom. The summed E-state index contributed by atoms with van der Waals surface area (Å²) in [5.74, 6) is -2.98. The van der Waals surface area contributed by atoms with Gasteiger partial charge in [0.05, 0.1) is 31.1 Å². The largest absolute Gasteiger partial charge is 0.466 e. The lowest BCUT2D eigenvalue weighted by Crippen LogP contribution is -2.52. The molecule has 2 aliphatic rings. The van der Waals surface area contributed by atoms with Gasteiger partial charge < -0.3 is 20.1 Å². The first kappa shape index (κ1) is 26.9. The minimum absolute atomic E-state index is 0.0731. The summed E-state index contributed by atoms with van der Waals surface area (Å²) in [5, 5.41) is 13.3. The molecule has 3 rings (SSSR count). The predicted molar refractivity (Wildman–Crippen MR) is 136 cm³/mol. The summed E-state index contributed by atoms with van der Waals surface area (Å²) < 4.78 is 5.41. The first-order chi connectivity index (χ1) is 16.7. The van der Waals surface area contributed by atoms with Crippen LogP contribution in [-0.2, 0) is 19.1 Å². The van der Waals surface area contributed by atoms with E-state index >= 15 is 0 Å². The number of anilines is 1. The van der Waals surface area contributed by atoms with Crippen molar-refractivity contribution in [3.8, 4) is 0 Å². The molecular formula is C28H40N2O5. The Labute approximate surface area is 208 Å². The van der Waals surface area contributed by atoms with Crippen LogP contribution >= 0.6 is 0 Å². The van der Waals surface area contributed by atoms with Crippen molar-refractivity contribution in [2.45, 2.75) is 66.5 Å². The highest BCUT2D eigenvalue weighted by Gasteiger charge is 2.59. The van der Waals surface area contributed by atoms with Crippen LogP contribution in [0.4, 0.5) is 5.69 Å². The molecule has 1 aromatic rings. The summed E-state index contributed by atoms with van der Waals surface area (Å²) in [5.41, 5.74) is 2.59. The number of allylic oxidation sites excluding steroid dienone is 1. The molecule has 2 N–H and O–H groups in total. The van der Waals surface area contributed by atoms with Crippen LogP contribution < -0.4 is 5.32 Å². The lowest BCUT2D eigenvalue weighted by Gasteiger charge is -2.35. The number of nitrogens with one attached hydrogen (secondary N) is 1. The zero-order valence-corrected chi connectivity index (χ0v) is 21.8. The number of para-hydroxylation sites is 1. The summed E-state index contributed by atoms with van der Waals surface area (Å²) >= 11 is 0. The number of likely N-dealkylation sites (tertiary alicyclic amines) is 1. The molecule has 1 heterocycles. The number of aliphatic hydroxyl groups excluding tert-OH is 1. The van der Waals surface area contributed by atoms with Crippen molar-refractivity contribution in [3.63, 3.8) is 0 Å². The minimum Gasteiger partial charge on any atom is -0.466 e. The van der Waals surface area contributed by atoms with Crippen LogP contribution in [0, 0.1) is 43.4 Å². The number of fused-ring (bicyclic) bond motifs is 1. The van der Waals surface area contributed by atoms with Gasteiger partial charge in [-0.25, -0.2) is 0 Å². The van der Waals surface area contributed by atoms with Gasteiger partial charge in [-0.2, -0.15) is 0 Å². The van der Waals surface area contributed by atoms with Crippen molar-refractivity contribution in [2.24, 2.45) is 29.6 Å². The van der Waals surface area contributed by atoms with E-state index in [1.807, 2.05) is 65.0 Å². The molecule has 1 fully saturated rings. The number of rotatable bonds is 9. The molecule has 0 bridgehead atoms. The van der Waals surface area contributed by atoms with E-state index in [1.54, 1.807) is 11.8 Å². The van der Waals surface area contributed by atoms with E-state index < -0.39 is 29.8 Å². The fourth-order valence-electron chi connectivity index (χ4n) is 5.80. The average Bonchev–Trinajstić information content (AvgIpc) is 3.09. The quantitative estimate of drug-likeness (QED) is 0.410. The van der Waals surface area contributed by atoms with Crippen LogP contribution in [0.1, 0.15) is 51.7 Å². The number of aliphatic hydroxyl groups is 1. The predicted octanol–water partition coefficient (Wildman–Crippen LogP) is 3.87. The van der Waals surface area contributed by atoms with Gasteiger partial charge in [-0.05, 0) is 50.2 Å². The third-order valence-corrected chi connectivity index (χ3v) is 7.54. The lowest BCUT2D eigenvalue weighted by molar-refractivity contribution is -0.156. The van der Waals surface area contributed by atoms with Gasteiger partial charge in [0.15, 0.2) is 0 Å². The molecule has 192 valence electrons. The third-order valence-electron chi connectivity index (χ3n) is 7.54. The Balaban J connectivity index is 2.09. The molecule has 2 amide bonds. The highest BCUT2D eigenvalue weighted by atomic mass is 16.5. The maximum absolute atomic E-state index is 14.0. The van der Waals surface area contributed by atoms with Crippen molar-refractivity contribution in [1.29, 1.82) is 0 Å². The summed E-state index contributed by atoms with van der Waals surface area (Å²) in [4.78, 5) is 42.5. The minimum atomic E-state index is -0.832. The Morgan fingerprint density at radius 1 is 1.14 bits per heavy atom. The van der Waals surface area contributed by atoms with Crippen molar-refractivity contribution in [1.82, 2.24) is 4.90 Å². The van der Waals surface area contributed by atoms with Crippen molar-refractivity contribution < 1.29 is 24.2 Å². The number of amides is 2. The standard InChI is InChI=1S/C28H40N2O5/c1-7-10-19-13-14-20-23(22(19)28(34)35-8-2)27(33)30(21(15-31)16(3)4)25(20)26(32)29-24-17(5)11-9-12-18(24)6/h9,11-14,16,19-23,25,31H,7-8,10,15H2,1-6H3,(H,29,32)/t19-,20+,21+,22-,23+,25+/m1/s1. The SMILES string of the molecule is CCC[C@@H]1C=C[C@H]2[C@H](C(=O)N([C@@H](CO)C(C)C)[C@@H]2C(=O)Nc2c(C)cccc2C)[C@@H]1C(=O)OCC. The second-order valence-corrected chi connectivity index (χ2v) is 10.2. The van der Waals surface area contributed by atoms with Crippen LogP contribution in [0.15, 0.2) is 30.4 Å². The van der Waals surface area contributed by atoms with E-state index in [9.17, 15) is 19.5 Å². The maximum atomic E-state index is 14.0. The van der Waals surface area contributed by atoms with Gasteiger partial charge in [0.2, 0.25) is 11.8 Å². The second-order valence-electron chi connectivity index (χ2n) is 10.2. The van der Waals surface area contributed by atoms with E-state index in [1.165, 1.54) is 0 Å². The van der Waals surface area contributed by atoms with Crippen molar-refractivity contribution in [2.75, 3.05) is 18.5 Å². The van der Waals surface area contributed by atoms with Crippen molar-refractivity contribution >= 4 is 23.5 Å². The number of carbonyl (C=O) groups is 3. The topological polar surface area (TPSA) is 95.9 Å². The molecule has 6 atom stereocenters. The number of aryl methyl sites for hydroxylation is 2. The summed E-state index contributed by atoms with van der Waals surface area (Å²) in [6.07, 6.45) is 5.55. The van der Waals surface area contributed by atoms with Crippen LogP contribution in [0.2, 0.25) is 0 Å². The third kappa shape index (κ3) is 5.15. The maximum Gasteiger partial charge on any atom is 0.310 e. The second kappa shape index (κ2) is 11.4. The van der Waals surface area contributed by atoms with Crippen LogP contribution in [0.25, 0.3) is 0 Å². The van der Waals surface area contributed by atoms with E-state index in [0.717, 1.165) is 29.7 Å². The number of esters is 1. The molecule has 0 spiro atoms. The summed E-state index contributed by atoms with van der Waals surface area (Å²) in [6.45, 7) is 11.5. The van der Waals surface area contributed by atoms with Gasteiger partial charge in [-0.15, -0.1) is 0 Å². The smallest absolute Gasteiger partial charge is 0.310 e. The first-order valence-corrected chi connectivity index (χ1v) is 12.8. The molecule has 1 saturated heterocycles. The fourth-order valence-corrected chi connectivity index (χ4v) is 5.80. The molecule has 1 aromatic carbocycles. The van der Waals surface area contributed by atoms with Crippen LogP contribution in [0.3, 0.4) is 0 Å². The molecule has 0 unspecified atom stereocenters. The Kier molecular flexibility index (Phi) is 8.75. The molecule has 0 aromatic heterocycles. The molecule has 0 saturated carbocycles. The summed E-state index contributed by atoms with van der Waals surface area (Å²) in [7, 11) is 0. The molecule has 0 radical (unpaired) electrons.